The molecule has 0 aliphatic carbocycles. The maximum absolute atomic E-state index is 13.2. The number of nitrogens with two attached hydrogens (primary N) is 1. The highest BCUT2D eigenvalue weighted by Gasteiger charge is 2.22. The van der Waals surface area contributed by atoms with E-state index in [0.717, 1.165) is 30.7 Å². The van der Waals surface area contributed by atoms with Gasteiger partial charge in [-0.3, -0.25) is 0 Å². The van der Waals surface area contributed by atoms with Crippen molar-refractivity contribution in [1.82, 2.24) is 4.72 Å². The molecule has 19 heavy (non-hydrogen) atoms. The molecule has 0 aromatic heterocycles. The van der Waals surface area contributed by atoms with Crippen LogP contribution in [0.3, 0.4) is 0 Å². The summed E-state index contributed by atoms with van der Waals surface area (Å²) < 4.78 is 40.2. The van der Waals surface area contributed by atoms with E-state index in [1.165, 1.54) is 0 Å². The van der Waals surface area contributed by atoms with Crippen LogP contribution >= 0.6 is 27.7 Å². The summed E-state index contributed by atoms with van der Waals surface area (Å²) in [5, 5.41) is 0.311. The van der Waals surface area contributed by atoms with Crippen molar-refractivity contribution in [3.8, 4) is 0 Å². The minimum absolute atomic E-state index is 0.0330. The van der Waals surface area contributed by atoms with E-state index in [4.69, 9.17) is 5.73 Å². The minimum atomic E-state index is -3.67. The van der Waals surface area contributed by atoms with Crippen molar-refractivity contribution >= 4 is 43.4 Å². The summed E-state index contributed by atoms with van der Waals surface area (Å²) in [4.78, 5) is -0.0330. The Labute approximate surface area is 124 Å². The van der Waals surface area contributed by atoms with Crippen LogP contribution in [0.15, 0.2) is 21.5 Å². The molecule has 1 fully saturated rings. The molecular formula is C11H14BrFN2O2S2. The molecule has 0 amide bonds. The monoisotopic (exact) mass is 368 g/mol. The van der Waals surface area contributed by atoms with E-state index in [9.17, 15) is 12.8 Å². The molecule has 1 unspecified atom stereocenters. The molecular weight excluding hydrogens is 355 g/mol. The number of nitrogens with one attached hydrogen (secondary N) is 1. The van der Waals surface area contributed by atoms with Crippen molar-refractivity contribution < 1.29 is 12.8 Å². The predicted octanol–water partition coefficient (Wildman–Crippen LogP) is 2.34. The second-order valence-electron chi connectivity index (χ2n) is 4.29. The Morgan fingerprint density at radius 1 is 1.53 bits per heavy atom. The van der Waals surface area contributed by atoms with Crippen LogP contribution in [0.2, 0.25) is 0 Å². The summed E-state index contributed by atoms with van der Waals surface area (Å²) >= 11 is 4.82. The lowest BCUT2D eigenvalue weighted by atomic mass is 10.2. The van der Waals surface area contributed by atoms with E-state index in [1.807, 2.05) is 0 Å². The number of rotatable bonds is 4. The minimum Gasteiger partial charge on any atom is -0.396 e. The van der Waals surface area contributed by atoms with Crippen LogP contribution < -0.4 is 10.5 Å². The van der Waals surface area contributed by atoms with Crippen molar-refractivity contribution in [1.29, 1.82) is 0 Å². The number of anilines is 1. The lowest BCUT2D eigenvalue weighted by molar-refractivity contribution is 0.577. The zero-order valence-electron chi connectivity index (χ0n) is 10.0. The Bertz CT molecular complexity index is 574. The van der Waals surface area contributed by atoms with Gasteiger partial charge in [0.1, 0.15) is 5.82 Å². The van der Waals surface area contributed by atoms with E-state index in [-0.39, 0.29) is 15.1 Å². The topological polar surface area (TPSA) is 72.2 Å². The van der Waals surface area contributed by atoms with Crippen LogP contribution in [0.5, 0.6) is 0 Å². The van der Waals surface area contributed by atoms with Crippen LogP contribution in [-0.4, -0.2) is 26.0 Å². The highest BCUT2D eigenvalue weighted by atomic mass is 79.9. The number of hydrogen-bond donors (Lipinski definition) is 2. The molecule has 1 aromatic rings. The fourth-order valence-corrected chi connectivity index (χ4v) is 5.27. The van der Waals surface area contributed by atoms with Gasteiger partial charge < -0.3 is 5.73 Å². The molecule has 0 saturated carbocycles. The molecule has 1 aliphatic heterocycles. The third kappa shape index (κ3) is 3.62. The molecule has 3 N–H and O–H groups in total. The summed E-state index contributed by atoms with van der Waals surface area (Å²) in [6.07, 6.45) is 2.13. The molecule has 2 rings (SSSR count). The van der Waals surface area contributed by atoms with Crippen LogP contribution in [0.25, 0.3) is 0 Å². The lowest BCUT2D eigenvalue weighted by Crippen LogP contribution is -2.30. The highest BCUT2D eigenvalue weighted by molar-refractivity contribution is 9.10. The Morgan fingerprint density at radius 2 is 2.26 bits per heavy atom. The standard InChI is InChI=1S/C11H14BrFN2O2S2/c12-8-4-9(13)10(14)5-11(8)19(16,17)15-6-7-2-1-3-18-7/h4-5,7,15H,1-3,6,14H2. The van der Waals surface area contributed by atoms with Crippen LogP contribution in [0.1, 0.15) is 12.8 Å². The molecule has 1 heterocycles. The molecule has 0 spiro atoms. The number of sulfonamides is 1. The summed E-state index contributed by atoms with van der Waals surface area (Å²) in [6, 6.07) is 2.19. The summed E-state index contributed by atoms with van der Waals surface area (Å²) in [5.74, 6) is 0.428. The first kappa shape index (κ1) is 15.1. The zero-order chi connectivity index (χ0) is 14.0. The quantitative estimate of drug-likeness (QED) is 0.800. The molecule has 1 aliphatic rings. The van der Waals surface area contributed by atoms with E-state index >= 15 is 0 Å². The van der Waals surface area contributed by atoms with Gasteiger partial charge in [-0.2, -0.15) is 11.8 Å². The SMILES string of the molecule is Nc1cc(S(=O)(=O)NCC2CCCS2)c(Br)cc1F. The van der Waals surface area contributed by atoms with E-state index in [1.54, 1.807) is 11.8 Å². The average Bonchev–Trinajstić information content (AvgIpc) is 2.84. The number of nitrogen functional groups attached to an aromatic ring is 1. The Hall–Kier alpha value is -0.310. The third-order valence-electron chi connectivity index (χ3n) is 2.87. The fraction of sp³-hybridized carbons (Fsp3) is 0.455. The molecule has 8 heteroatoms. The molecule has 106 valence electrons. The van der Waals surface area contributed by atoms with Gasteiger partial charge >= 0.3 is 0 Å². The van der Waals surface area contributed by atoms with E-state index < -0.39 is 15.8 Å². The Kier molecular flexibility index (Phi) is 4.75. The van der Waals surface area contributed by atoms with Crippen molar-refractivity contribution in [3.63, 3.8) is 0 Å². The van der Waals surface area contributed by atoms with Gasteiger partial charge in [0.2, 0.25) is 10.0 Å². The number of thioether (sulfide) groups is 1. The van der Waals surface area contributed by atoms with Crippen LogP contribution in [0.4, 0.5) is 10.1 Å². The van der Waals surface area contributed by atoms with Crippen molar-refractivity contribution in [3.05, 3.63) is 22.4 Å². The van der Waals surface area contributed by atoms with Crippen LogP contribution in [0, 0.1) is 5.82 Å². The third-order valence-corrected chi connectivity index (χ3v) is 6.65. The Balaban J connectivity index is 2.16. The first-order chi connectivity index (χ1) is 8.90. The molecule has 1 saturated heterocycles. The Morgan fingerprint density at radius 3 is 2.89 bits per heavy atom. The van der Waals surface area contributed by atoms with Gasteiger partial charge in [0, 0.05) is 16.3 Å². The van der Waals surface area contributed by atoms with Gasteiger partial charge in [-0.25, -0.2) is 17.5 Å². The van der Waals surface area contributed by atoms with Gasteiger partial charge in [0.05, 0.1) is 10.6 Å². The fourth-order valence-electron chi connectivity index (χ4n) is 1.84. The van der Waals surface area contributed by atoms with Crippen molar-refractivity contribution in [2.45, 2.75) is 23.0 Å². The number of halogens is 2. The van der Waals surface area contributed by atoms with Crippen LogP contribution in [-0.2, 0) is 10.0 Å². The van der Waals surface area contributed by atoms with Gasteiger partial charge in [-0.15, -0.1) is 0 Å². The van der Waals surface area contributed by atoms with E-state index in [0.29, 0.717) is 11.8 Å². The summed E-state index contributed by atoms with van der Waals surface area (Å²) in [7, 11) is -3.67. The summed E-state index contributed by atoms with van der Waals surface area (Å²) in [5.41, 5.74) is 5.23. The molecule has 4 nitrogen and oxygen atoms in total. The van der Waals surface area contributed by atoms with Gasteiger partial charge in [-0.05, 0) is 46.7 Å². The summed E-state index contributed by atoms with van der Waals surface area (Å²) in [6.45, 7) is 0.386. The zero-order valence-corrected chi connectivity index (χ0v) is 13.2. The number of benzene rings is 1. The smallest absolute Gasteiger partial charge is 0.241 e. The van der Waals surface area contributed by atoms with Gasteiger partial charge in [0.25, 0.3) is 0 Å². The van der Waals surface area contributed by atoms with Crippen molar-refractivity contribution in [2.24, 2.45) is 0 Å². The lowest BCUT2D eigenvalue weighted by Gasteiger charge is -2.12. The normalized spacial score (nSPS) is 19.8. The first-order valence-electron chi connectivity index (χ1n) is 5.76. The molecule has 1 aromatic carbocycles. The molecule has 1 atom stereocenters. The molecule has 0 radical (unpaired) electrons. The second-order valence-corrected chi connectivity index (χ2v) is 8.29. The maximum Gasteiger partial charge on any atom is 0.241 e. The average molecular weight is 369 g/mol. The predicted molar refractivity (Wildman–Crippen MR) is 79.2 cm³/mol. The molecule has 0 bridgehead atoms. The van der Waals surface area contributed by atoms with E-state index in [2.05, 4.69) is 20.7 Å². The largest absolute Gasteiger partial charge is 0.396 e. The van der Waals surface area contributed by atoms with Crippen molar-refractivity contribution in [2.75, 3.05) is 18.0 Å². The second kappa shape index (κ2) is 5.99. The highest BCUT2D eigenvalue weighted by Crippen LogP contribution is 2.28. The first-order valence-corrected chi connectivity index (χ1v) is 9.08. The maximum atomic E-state index is 13.2. The number of hydrogen-bond acceptors (Lipinski definition) is 4. The van der Waals surface area contributed by atoms with Gasteiger partial charge in [-0.1, -0.05) is 0 Å². The van der Waals surface area contributed by atoms with Gasteiger partial charge in [0.15, 0.2) is 0 Å².